The molecule has 2 N–H and O–H groups in total. The molecule has 1 aliphatic rings. The van der Waals surface area contributed by atoms with Crippen LogP contribution in [0, 0.1) is 13.8 Å². The van der Waals surface area contributed by atoms with E-state index in [4.69, 9.17) is 0 Å². The predicted octanol–water partition coefficient (Wildman–Crippen LogP) is 4.01. The minimum atomic E-state index is -0.764. The minimum absolute atomic E-state index is 0.445. The number of benzene rings is 1. The van der Waals surface area contributed by atoms with Crippen LogP contribution in [0.2, 0.25) is 0 Å². The van der Waals surface area contributed by atoms with Crippen molar-refractivity contribution >= 4 is 28.1 Å². The molecule has 1 atom stereocenters. The average Bonchev–Trinajstić information content (AvgIpc) is 2.84. The molecule has 0 amide bonds. The van der Waals surface area contributed by atoms with Gasteiger partial charge in [-0.2, -0.15) is 0 Å². The zero-order valence-corrected chi connectivity index (χ0v) is 13.0. The average molecular weight is 302 g/mol. The van der Waals surface area contributed by atoms with Crippen LogP contribution in [0.4, 0.5) is 10.8 Å². The summed E-state index contributed by atoms with van der Waals surface area (Å²) in [7, 11) is 0. The normalized spacial score (nSPS) is 17.3. The number of hydrogen-bond acceptors (Lipinski definition) is 4. The molecule has 0 bridgehead atoms. The van der Waals surface area contributed by atoms with Crippen molar-refractivity contribution < 1.29 is 9.90 Å². The zero-order valence-electron chi connectivity index (χ0n) is 12.1. The molecule has 0 saturated heterocycles. The fraction of sp³-hybridized carbons (Fsp3) is 0.375. The van der Waals surface area contributed by atoms with E-state index >= 15 is 0 Å². The molecule has 1 aliphatic carbocycles. The van der Waals surface area contributed by atoms with Crippen molar-refractivity contribution in [2.75, 3.05) is 5.32 Å². The summed E-state index contributed by atoms with van der Waals surface area (Å²) in [6.07, 6.45) is 2.55. The van der Waals surface area contributed by atoms with Gasteiger partial charge in [-0.3, -0.25) is 4.79 Å². The Bertz CT molecular complexity index is 694. The van der Waals surface area contributed by atoms with Crippen LogP contribution in [-0.4, -0.2) is 16.1 Å². The number of carbonyl (C=O) groups is 1. The van der Waals surface area contributed by atoms with E-state index in [0.29, 0.717) is 6.42 Å². The second-order valence-electron chi connectivity index (χ2n) is 5.55. The predicted molar refractivity (Wildman–Crippen MR) is 84.6 cm³/mol. The first-order valence-electron chi connectivity index (χ1n) is 7.11. The van der Waals surface area contributed by atoms with Crippen LogP contribution in [-0.2, 0) is 11.2 Å². The maximum atomic E-state index is 11.3. The van der Waals surface area contributed by atoms with Gasteiger partial charge in [-0.1, -0.05) is 12.1 Å². The number of aromatic nitrogens is 1. The second kappa shape index (κ2) is 5.48. The van der Waals surface area contributed by atoms with Gasteiger partial charge in [0.15, 0.2) is 5.13 Å². The van der Waals surface area contributed by atoms with Gasteiger partial charge in [0.1, 0.15) is 5.92 Å². The van der Waals surface area contributed by atoms with Gasteiger partial charge in [0.2, 0.25) is 0 Å². The van der Waals surface area contributed by atoms with E-state index in [2.05, 4.69) is 42.3 Å². The summed E-state index contributed by atoms with van der Waals surface area (Å²) in [5, 5.41) is 13.4. The highest BCUT2D eigenvalue weighted by Gasteiger charge is 2.30. The Hall–Kier alpha value is -1.88. The topological polar surface area (TPSA) is 62.2 Å². The number of rotatable bonds is 3. The van der Waals surface area contributed by atoms with Crippen molar-refractivity contribution in [3.05, 3.63) is 39.9 Å². The third-order valence-electron chi connectivity index (χ3n) is 3.89. The summed E-state index contributed by atoms with van der Waals surface area (Å²) < 4.78 is 0. The fourth-order valence-electron chi connectivity index (χ4n) is 2.70. The molecule has 0 radical (unpaired) electrons. The maximum Gasteiger partial charge on any atom is 0.312 e. The van der Waals surface area contributed by atoms with Gasteiger partial charge in [0.05, 0.1) is 5.69 Å². The highest BCUT2D eigenvalue weighted by atomic mass is 32.1. The number of carboxylic acid groups (broad SMARTS) is 1. The van der Waals surface area contributed by atoms with Gasteiger partial charge in [0, 0.05) is 10.6 Å². The molecule has 3 rings (SSSR count). The first kappa shape index (κ1) is 14.1. The molecule has 1 unspecified atom stereocenters. The molecular formula is C16H18N2O2S. The number of nitrogens with one attached hydrogen (secondary N) is 1. The second-order valence-corrected chi connectivity index (χ2v) is 6.64. The Morgan fingerprint density at radius 1 is 1.43 bits per heavy atom. The van der Waals surface area contributed by atoms with Crippen LogP contribution < -0.4 is 5.32 Å². The Morgan fingerprint density at radius 3 is 3.00 bits per heavy atom. The number of fused-ring (bicyclic) bond motifs is 1. The molecule has 0 spiro atoms. The van der Waals surface area contributed by atoms with Crippen LogP contribution in [0.1, 0.15) is 40.5 Å². The van der Waals surface area contributed by atoms with E-state index in [9.17, 15) is 9.90 Å². The number of anilines is 2. The van der Waals surface area contributed by atoms with E-state index in [0.717, 1.165) is 39.8 Å². The van der Waals surface area contributed by atoms with Crippen molar-refractivity contribution in [2.45, 2.75) is 39.0 Å². The summed E-state index contributed by atoms with van der Waals surface area (Å²) >= 11 is 1.58. The van der Waals surface area contributed by atoms with Crippen LogP contribution >= 0.6 is 11.3 Å². The van der Waals surface area contributed by atoms with Gasteiger partial charge in [0.25, 0.3) is 0 Å². The van der Waals surface area contributed by atoms with E-state index in [1.807, 2.05) is 0 Å². The molecule has 1 aromatic heterocycles. The first-order valence-corrected chi connectivity index (χ1v) is 7.93. The van der Waals surface area contributed by atoms with Crippen LogP contribution in [0.25, 0.3) is 0 Å². The molecule has 2 aromatic rings. The summed E-state index contributed by atoms with van der Waals surface area (Å²) in [6.45, 7) is 4.10. The van der Waals surface area contributed by atoms with Crippen molar-refractivity contribution in [3.63, 3.8) is 0 Å². The standard InChI is InChI=1S/C16H18N2O2S/c1-9-6-7-10(2)12(8-9)17-16-18-14-11(15(19)20)4-3-5-13(14)21-16/h6-8,11H,3-5H2,1-2H3,(H,17,18)(H,19,20). The molecule has 4 nitrogen and oxygen atoms in total. The fourth-order valence-corrected chi connectivity index (χ4v) is 3.78. The largest absolute Gasteiger partial charge is 0.481 e. The molecule has 110 valence electrons. The number of nitrogens with zero attached hydrogens (tertiary/aromatic N) is 1. The van der Waals surface area contributed by atoms with Crippen LogP contribution in [0.5, 0.6) is 0 Å². The number of aliphatic carboxylic acids is 1. The summed E-state index contributed by atoms with van der Waals surface area (Å²) in [5.74, 6) is -1.21. The SMILES string of the molecule is Cc1ccc(C)c(Nc2nc3c(s2)CCCC3C(=O)O)c1. The molecule has 0 aliphatic heterocycles. The van der Waals surface area contributed by atoms with Crippen molar-refractivity contribution in [1.29, 1.82) is 0 Å². The third-order valence-corrected chi connectivity index (χ3v) is 4.93. The van der Waals surface area contributed by atoms with E-state index in [1.54, 1.807) is 11.3 Å². The number of aryl methyl sites for hydroxylation is 3. The molecule has 0 saturated carbocycles. The lowest BCUT2D eigenvalue weighted by atomic mass is 9.91. The molecular weight excluding hydrogens is 284 g/mol. The van der Waals surface area contributed by atoms with Gasteiger partial charge >= 0.3 is 5.97 Å². The summed E-state index contributed by atoms with van der Waals surface area (Å²) in [4.78, 5) is 17.0. The lowest BCUT2D eigenvalue weighted by Gasteiger charge is -2.16. The number of thiazole rings is 1. The van der Waals surface area contributed by atoms with Crippen LogP contribution in [0.3, 0.4) is 0 Å². The highest BCUT2D eigenvalue weighted by molar-refractivity contribution is 7.15. The number of carboxylic acids is 1. The van der Waals surface area contributed by atoms with E-state index in [1.165, 1.54) is 5.56 Å². The highest BCUT2D eigenvalue weighted by Crippen LogP contribution is 2.38. The van der Waals surface area contributed by atoms with Crippen LogP contribution in [0.15, 0.2) is 18.2 Å². The van der Waals surface area contributed by atoms with Gasteiger partial charge in [-0.05, 0) is 50.3 Å². The number of hydrogen-bond donors (Lipinski definition) is 2. The van der Waals surface area contributed by atoms with E-state index < -0.39 is 11.9 Å². The third kappa shape index (κ3) is 2.78. The lowest BCUT2D eigenvalue weighted by Crippen LogP contribution is -2.17. The van der Waals surface area contributed by atoms with Gasteiger partial charge in [-0.25, -0.2) is 4.98 Å². The summed E-state index contributed by atoms with van der Waals surface area (Å²) in [6, 6.07) is 6.24. The van der Waals surface area contributed by atoms with Crippen molar-refractivity contribution in [3.8, 4) is 0 Å². The first-order chi connectivity index (χ1) is 10.0. The Labute approximate surface area is 127 Å². The Balaban J connectivity index is 1.91. The molecule has 1 heterocycles. The smallest absolute Gasteiger partial charge is 0.312 e. The van der Waals surface area contributed by atoms with Gasteiger partial charge < -0.3 is 10.4 Å². The monoisotopic (exact) mass is 302 g/mol. The molecule has 5 heteroatoms. The maximum absolute atomic E-state index is 11.3. The lowest BCUT2D eigenvalue weighted by molar-refractivity contribution is -0.139. The van der Waals surface area contributed by atoms with Gasteiger partial charge in [-0.15, -0.1) is 11.3 Å². The Morgan fingerprint density at radius 2 is 2.24 bits per heavy atom. The summed E-state index contributed by atoms with van der Waals surface area (Å²) in [5.41, 5.74) is 4.14. The Kier molecular flexibility index (Phi) is 3.68. The quantitative estimate of drug-likeness (QED) is 0.899. The molecule has 21 heavy (non-hydrogen) atoms. The zero-order chi connectivity index (χ0) is 15.0. The van der Waals surface area contributed by atoms with Crippen molar-refractivity contribution in [2.24, 2.45) is 0 Å². The molecule has 1 aromatic carbocycles. The molecule has 0 fully saturated rings. The van der Waals surface area contributed by atoms with Crippen molar-refractivity contribution in [1.82, 2.24) is 4.98 Å². The minimum Gasteiger partial charge on any atom is -0.481 e. The van der Waals surface area contributed by atoms with E-state index in [-0.39, 0.29) is 0 Å².